The molecule has 0 aliphatic carbocycles. The Morgan fingerprint density at radius 1 is 1.22 bits per heavy atom. The number of nitrogens with zero attached hydrogens (tertiary/aromatic N) is 1. The molecule has 0 rings (SSSR count). The van der Waals surface area contributed by atoms with Crippen LogP contribution in [0.4, 0.5) is 0 Å². The SMILES string of the molecule is O=C(N(Br)Br)C(Br)(Br)Br. The van der Waals surface area contributed by atoms with Crippen molar-refractivity contribution in [3.8, 4) is 0 Å². The van der Waals surface area contributed by atoms with Gasteiger partial charge < -0.3 is 0 Å². The number of amides is 1. The van der Waals surface area contributed by atoms with Gasteiger partial charge in [-0.05, 0) is 47.8 Å². The van der Waals surface area contributed by atoms with Crippen molar-refractivity contribution in [1.82, 2.24) is 2.95 Å². The van der Waals surface area contributed by atoms with Gasteiger partial charge in [-0.15, -0.1) is 0 Å². The predicted octanol–water partition coefficient (Wildman–Crippen LogP) is 3.27. The first-order valence-corrected chi connectivity index (χ1v) is 5.38. The fourth-order valence-electron chi connectivity index (χ4n) is 0.0958. The molecule has 0 aromatic heterocycles. The summed E-state index contributed by atoms with van der Waals surface area (Å²) < 4.78 is 0.207. The van der Waals surface area contributed by atoms with Crippen molar-refractivity contribution in [2.45, 2.75) is 2.14 Å². The Kier molecular flexibility index (Phi) is 4.88. The van der Waals surface area contributed by atoms with Crippen LogP contribution in [0.5, 0.6) is 0 Å². The van der Waals surface area contributed by atoms with Gasteiger partial charge in [-0.1, -0.05) is 0 Å². The van der Waals surface area contributed by atoms with Crippen LogP contribution < -0.4 is 0 Å². The van der Waals surface area contributed by atoms with E-state index in [0.717, 1.165) is 2.95 Å². The number of rotatable bonds is 0. The van der Waals surface area contributed by atoms with Crippen molar-refractivity contribution in [2.24, 2.45) is 0 Å². The van der Waals surface area contributed by atoms with Gasteiger partial charge in [0.1, 0.15) is 0 Å². The minimum absolute atomic E-state index is 0.248. The van der Waals surface area contributed by atoms with Crippen molar-refractivity contribution in [3.05, 3.63) is 0 Å². The Hall–Kier alpha value is 1.87. The summed E-state index contributed by atoms with van der Waals surface area (Å²) in [5, 5.41) is 0. The van der Waals surface area contributed by atoms with Crippen LogP contribution in [0.3, 0.4) is 0 Å². The summed E-state index contributed by atoms with van der Waals surface area (Å²) in [5.41, 5.74) is 0. The third-order valence-electron chi connectivity index (χ3n) is 0.396. The summed E-state index contributed by atoms with van der Waals surface area (Å²) in [7, 11) is 0. The van der Waals surface area contributed by atoms with Crippen LogP contribution in [0.2, 0.25) is 0 Å². The van der Waals surface area contributed by atoms with Crippen molar-refractivity contribution in [3.63, 3.8) is 0 Å². The van der Waals surface area contributed by atoms with E-state index in [2.05, 4.69) is 80.1 Å². The maximum Gasteiger partial charge on any atom is 0.281 e. The standard InChI is InChI=1S/C2Br5NO/c3-2(4,5)1(9)8(6)7. The number of carbonyl (C=O) groups is 1. The lowest BCUT2D eigenvalue weighted by Gasteiger charge is -2.12. The molecule has 9 heavy (non-hydrogen) atoms. The minimum atomic E-state index is -0.889. The first-order chi connectivity index (χ1) is 3.85. The molecule has 0 fully saturated rings. The van der Waals surface area contributed by atoms with Crippen molar-refractivity contribution in [2.75, 3.05) is 0 Å². The molecule has 0 radical (unpaired) electrons. The fourth-order valence-corrected chi connectivity index (χ4v) is 2.59. The maximum absolute atomic E-state index is 10.9. The molecule has 0 spiro atoms. The van der Waals surface area contributed by atoms with Crippen LogP contribution in [0.1, 0.15) is 0 Å². The average molecular weight is 454 g/mol. The van der Waals surface area contributed by atoms with Crippen LogP contribution in [-0.4, -0.2) is 11.0 Å². The van der Waals surface area contributed by atoms with Gasteiger partial charge in [0.15, 0.2) is 0 Å². The lowest BCUT2D eigenvalue weighted by Crippen LogP contribution is -2.24. The Bertz CT molecular complexity index is 117. The summed E-state index contributed by atoms with van der Waals surface area (Å²) in [6.45, 7) is 0. The van der Waals surface area contributed by atoms with Gasteiger partial charge >= 0.3 is 0 Å². The monoisotopic (exact) mass is 449 g/mol. The van der Waals surface area contributed by atoms with E-state index >= 15 is 0 Å². The molecule has 0 saturated carbocycles. The quantitative estimate of drug-likeness (QED) is 0.407. The van der Waals surface area contributed by atoms with E-state index in [-0.39, 0.29) is 5.91 Å². The van der Waals surface area contributed by atoms with Crippen LogP contribution in [0.15, 0.2) is 0 Å². The van der Waals surface area contributed by atoms with Crippen molar-refractivity contribution >= 4 is 86.0 Å². The van der Waals surface area contributed by atoms with E-state index in [1.807, 2.05) is 0 Å². The van der Waals surface area contributed by atoms with Gasteiger partial charge in [0.25, 0.3) is 5.91 Å². The molecule has 0 heterocycles. The van der Waals surface area contributed by atoms with E-state index in [1.54, 1.807) is 0 Å². The maximum atomic E-state index is 10.9. The summed E-state index contributed by atoms with van der Waals surface area (Å²) in [6, 6.07) is 0. The zero-order valence-electron chi connectivity index (χ0n) is 3.75. The number of hydrogen-bond donors (Lipinski definition) is 0. The average Bonchev–Trinajstić information content (AvgIpc) is 1.62. The van der Waals surface area contributed by atoms with Crippen LogP contribution in [0, 0.1) is 0 Å². The number of carbonyl (C=O) groups excluding carboxylic acids is 1. The molecule has 0 unspecified atom stereocenters. The molecule has 0 N–H and O–H groups in total. The third-order valence-corrected chi connectivity index (χ3v) is 2.06. The normalized spacial score (nSPS) is 11.2. The highest BCUT2D eigenvalue weighted by Gasteiger charge is 2.31. The summed E-state index contributed by atoms with van der Waals surface area (Å²) in [4.78, 5) is 10.9. The van der Waals surface area contributed by atoms with Crippen molar-refractivity contribution < 1.29 is 4.79 Å². The highest BCUT2D eigenvalue weighted by Crippen LogP contribution is 2.37. The molecule has 0 aromatic rings. The van der Waals surface area contributed by atoms with Gasteiger partial charge in [0.05, 0.1) is 32.3 Å². The second-order valence-corrected chi connectivity index (χ2v) is 10.2. The third kappa shape index (κ3) is 4.34. The number of alkyl halides is 3. The van der Waals surface area contributed by atoms with E-state index in [0.29, 0.717) is 0 Å². The zero-order valence-corrected chi connectivity index (χ0v) is 11.7. The van der Waals surface area contributed by atoms with Gasteiger partial charge in [0.2, 0.25) is 2.14 Å². The lowest BCUT2D eigenvalue weighted by molar-refractivity contribution is -0.120. The molecule has 2 nitrogen and oxygen atoms in total. The number of halogens is 5. The van der Waals surface area contributed by atoms with Crippen LogP contribution in [-0.2, 0) is 4.79 Å². The summed E-state index contributed by atoms with van der Waals surface area (Å²) in [5.74, 6) is -0.248. The predicted molar refractivity (Wildman–Crippen MR) is 54.2 cm³/mol. The summed E-state index contributed by atoms with van der Waals surface area (Å²) in [6.07, 6.45) is 0. The first kappa shape index (κ1) is 10.9. The van der Waals surface area contributed by atoms with E-state index in [9.17, 15) is 4.79 Å². The van der Waals surface area contributed by atoms with Crippen LogP contribution >= 0.6 is 80.1 Å². The van der Waals surface area contributed by atoms with Crippen LogP contribution in [0.25, 0.3) is 0 Å². The lowest BCUT2D eigenvalue weighted by atomic mass is 10.8. The van der Waals surface area contributed by atoms with E-state index in [4.69, 9.17) is 0 Å². The van der Waals surface area contributed by atoms with Crippen molar-refractivity contribution in [1.29, 1.82) is 0 Å². The highest BCUT2D eigenvalue weighted by molar-refractivity contribution is 9.40. The minimum Gasteiger partial charge on any atom is -0.269 e. The highest BCUT2D eigenvalue weighted by atomic mass is 80.0. The smallest absolute Gasteiger partial charge is 0.269 e. The fraction of sp³-hybridized carbons (Fsp3) is 0.500. The Morgan fingerprint density at radius 2 is 1.56 bits per heavy atom. The Morgan fingerprint density at radius 3 is 1.56 bits per heavy atom. The summed E-state index contributed by atoms with van der Waals surface area (Å²) >= 11 is 14.9. The molecule has 54 valence electrons. The second kappa shape index (κ2) is 4.04. The van der Waals surface area contributed by atoms with Gasteiger partial charge in [-0.3, -0.25) is 4.79 Å². The molecule has 0 bridgehead atoms. The van der Waals surface area contributed by atoms with E-state index in [1.165, 1.54) is 0 Å². The molecule has 0 saturated heterocycles. The second-order valence-electron chi connectivity index (χ2n) is 1.04. The van der Waals surface area contributed by atoms with E-state index < -0.39 is 2.14 Å². The molecular weight excluding hydrogens is 454 g/mol. The first-order valence-electron chi connectivity index (χ1n) is 1.58. The van der Waals surface area contributed by atoms with Gasteiger partial charge in [-0.2, -0.15) is 0 Å². The zero-order chi connectivity index (χ0) is 7.65. The topological polar surface area (TPSA) is 20.3 Å². The molecule has 7 heteroatoms. The molecular formula is C2Br5NO. The Labute approximate surface area is 94.8 Å². The molecule has 0 aliphatic rings. The Balaban J connectivity index is 4.06. The number of hydrogen-bond acceptors (Lipinski definition) is 1. The molecule has 0 aliphatic heterocycles. The van der Waals surface area contributed by atoms with Gasteiger partial charge in [-0.25, -0.2) is 2.95 Å². The molecule has 0 atom stereocenters. The largest absolute Gasteiger partial charge is 0.281 e. The van der Waals surface area contributed by atoms with Gasteiger partial charge in [0, 0.05) is 0 Å². The molecule has 0 aromatic carbocycles. The molecule has 1 amide bonds.